The van der Waals surface area contributed by atoms with Gasteiger partial charge in [-0.1, -0.05) is 6.07 Å². The number of piperazine rings is 1. The van der Waals surface area contributed by atoms with Crippen molar-refractivity contribution in [1.82, 2.24) is 24.8 Å². The summed E-state index contributed by atoms with van der Waals surface area (Å²) in [5.74, 6) is 1.29. The number of nitrogens with one attached hydrogen (secondary N) is 1. The van der Waals surface area contributed by atoms with Crippen LogP contribution in [0.15, 0.2) is 24.5 Å². The van der Waals surface area contributed by atoms with Gasteiger partial charge in [-0.15, -0.1) is 36.2 Å². The van der Waals surface area contributed by atoms with Gasteiger partial charge in [0.1, 0.15) is 17.6 Å². The third-order valence-corrected chi connectivity index (χ3v) is 7.28. The van der Waals surface area contributed by atoms with Gasteiger partial charge >= 0.3 is 0 Å². The van der Waals surface area contributed by atoms with Crippen molar-refractivity contribution >= 4 is 63.5 Å². The molecule has 3 aromatic heterocycles. The van der Waals surface area contributed by atoms with Crippen molar-refractivity contribution in [1.29, 1.82) is 0 Å². The topological polar surface area (TPSA) is 107 Å². The lowest BCUT2D eigenvalue weighted by Crippen LogP contribution is -2.47. The first-order valence-electron chi connectivity index (χ1n) is 11.3. The standard InChI is InChI=1S/C24H28N6O3S.2ClH/c1-4-33-12-16-17(10-29-6-5-26-20(31)11-29)30-22(24(25)27-13-28-30)21(16)19-9-15-7-14(2)8-18(32-3)23(15)34-19;;/h7-9,13H,4-6,10-12H2,1-3H3,(H,26,31)(H2,25,27,28);2*1H. The van der Waals surface area contributed by atoms with Crippen LogP contribution >= 0.6 is 36.2 Å². The number of methoxy groups -OCH3 is 1. The molecule has 1 aliphatic rings. The lowest BCUT2D eigenvalue weighted by atomic mass is 10.1. The number of carbonyl (C=O) groups is 1. The number of halogens is 2. The third-order valence-electron chi connectivity index (χ3n) is 6.10. The fourth-order valence-corrected chi connectivity index (χ4v) is 5.79. The molecule has 1 aromatic carbocycles. The molecule has 1 amide bonds. The number of nitrogen functional groups attached to an aromatic ring is 1. The van der Waals surface area contributed by atoms with E-state index in [0.29, 0.717) is 38.7 Å². The first-order valence-corrected chi connectivity index (χ1v) is 12.1. The maximum atomic E-state index is 12.0. The van der Waals surface area contributed by atoms with Gasteiger partial charge in [-0.2, -0.15) is 5.10 Å². The minimum absolute atomic E-state index is 0. The molecular weight excluding hydrogens is 523 g/mol. The molecule has 12 heteroatoms. The Labute approximate surface area is 225 Å². The largest absolute Gasteiger partial charge is 0.495 e. The van der Waals surface area contributed by atoms with E-state index in [1.54, 1.807) is 18.4 Å². The SMILES string of the molecule is CCOCc1c(-c2cc3cc(C)cc(OC)c3s2)c2c(N)ncnn2c1CN1CCNC(=O)C1.Cl.Cl. The number of rotatable bonds is 7. The van der Waals surface area contributed by atoms with E-state index in [-0.39, 0.29) is 30.7 Å². The van der Waals surface area contributed by atoms with Crippen LogP contribution < -0.4 is 15.8 Å². The molecule has 9 nitrogen and oxygen atoms in total. The predicted molar refractivity (Wildman–Crippen MR) is 148 cm³/mol. The predicted octanol–water partition coefficient (Wildman–Crippen LogP) is 3.82. The number of benzene rings is 1. The summed E-state index contributed by atoms with van der Waals surface area (Å²) in [6, 6.07) is 6.38. The highest BCUT2D eigenvalue weighted by molar-refractivity contribution is 7.22. The lowest BCUT2D eigenvalue weighted by Gasteiger charge is -2.26. The second-order valence-corrected chi connectivity index (χ2v) is 9.45. The van der Waals surface area contributed by atoms with Crippen LogP contribution in [0, 0.1) is 6.92 Å². The normalized spacial score (nSPS) is 13.9. The molecule has 5 rings (SSSR count). The van der Waals surface area contributed by atoms with E-state index >= 15 is 0 Å². The Morgan fingerprint density at radius 3 is 2.78 bits per heavy atom. The first kappa shape index (κ1) is 27.9. The fraction of sp³-hybridized carbons (Fsp3) is 0.375. The number of anilines is 1. The third kappa shape index (κ3) is 5.09. The average molecular weight is 554 g/mol. The van der Waals surface area contributed by atoms with Gasteiger partial charge in [-0.25, -0.2) is 9.50 Å². The van der Waals surface area contributed by atoms with Crippen molar-refractivity contribution in [2.75, 3.05) is 39.1 Å². The number of aromatic nitrogens is 3. The summed E-state index contributed by atoms with van der Waals surface area (Å²) in [4.78, 5) is 19.5. The summed E-state index contributed by atoms with van der Waals surface area (Å²) in [7, 11) is 1.70. The molecule has 1 fully saturated rings. The van der Waals surface area contributed by atoms with E-state index in [1.165, 1.54) is 6.33 Å². The van der Waals surface area contributed by atoms with Crippen molar-refractivity contribution in [3.8, 4) is 16.2 Å². The van der Waals surface area contributed by atoms with Crippen molar-refractivity contribution in [3.05, 3.63) is 41.3 Å². The number of hydrogen-bond donors (Lipinski definition) is 2. The number of ether oxygens (including phenoxy) is 2. The van der Waals surface area contributed by atoms with Gasteiger partial charge in [-0.05, 0) is 36.9 Å². The fourth-order valence-electron chi connectivity index (χ4n) is 4.59. The molecule has 4 aromatic rings. The van der Waals surface area contributed by atoms with Crippen LogP contribution in [0.4, 0.5) is 5.82 Å². The number of nitrogens with zero attached hydrogens (tertiary/aromatic N) is 4. The maximum absolute atomic E-state index is 12.0. The molecule has 194 valence electrons. The van der Waals surface area contributed by atoms with Crippen molar-refractivity contribution in [2.24, 2.45) is 0 Å². The summed E-state index contributed by atoms with van der Waals surface area (Å²) < 4.78 is 14.5. The maximum Gasteiger partial charge on any atom is 0.234 e. The molecule has 36 heavy (non-hydrogen) atoms. The number of thiophene rings is 1. The molecule has 1 saturated heterocycles. The Bertz CT molecular complexity index is 1390. The minimum Gasteiger partial charge on any atom is -0.495 e. The summed E-state index contributed by atoms with van der Waals surface area (Å²) in [6.45, 7) is 7.33. The van der Waals surface area contributed by atoms with Crippen LogP contribution in [0.1, 0.15) is 23.7 Å². The van der Waals surface area contributed by atoms with Crippen molar-refractivity contribution in [2.45, 2.75) is 27.0 Å². The Morgan fingerprint density at radius 2 is 2.06 bits per heavy atom. The molecule has 0 radical (unpaired) electrons. The van der Waals surface area contributed by atoms with Gasteiger partial charge in [0.05, 0.1) is 30.7 Å². The van der Waals surface area contributed by atoms with Crippen molar-refractivity contribution in [3.63, 3.8) is 0 Å². The number of carbonyl (C=O) groups excluding carboxylic acids is 1. The molecule has 1 aliphatic heterocycles. The number of aryl methyl sites for hydroxylation is 1. The molecule has 4 heterocycles. The molecular formula is C24H30Cl2N6O3S. The second kappa shape index (κ2) is 11.6. The van der Waals surface area contributed by atoms with Crippen LogP contribution in [-0.4, -0.2) is 58.8 Å². The van der Waals surface area contributed by atoms with Gasteiger partial charge < -0.3 is 20.5 Å². The molecule has 0 aliphatic carbocycles. The highest BCUT2D eigenvalue weighted by Crippen LogP contribution is 2.44. The quantitative estimate of drug-likeness (QED) is 0.358. The van der Waals surface area contributed by atoms with E-state index in [9.17, 15) is 4.79 Å². The summed E-state index contributed by atoms with van der Waals surface area (Å²) in [6.07, 6.45) is 1.47. The second-order valence-electron chi connectivity index (χ2n) is 8.40. The zero-order valence-corrected chi connectivity index (χ0v) is 22.8. The zero-order chi connectivity index (χ0) is 23.8. The van der Waals surface area contributed by atoms with Crippen LogP contribution in [0.3, 0.4) is 0 Å². The highest BCUT2D eigenvalue weighted by Gasteiger charge is 2.27. The number of amides is 1. The van der Waals surface area contributed by atoms with E-state index in [4.69, 9.17) is 15.2 Å². The van der Waals surface area contributed by atoms with Crippen LogP contribution in [-0.2, 0) is 22.7 Å². The average Bonchev–Trinajstić information content (AvgIpc) is 3.37. The summed E-state index contributed by atoms with van der Waals surface area (Å²) in [5, 5.41) is 8.57. The van der Waals surface area contributed by atoms with Crippen LogP contribution in [0.5, 0.6) is 5.75 Å². The van der Waals surface area contributed by atoms with E-state index < -0.39 is 0 Å². The van der Waals surface area contributed by atoms with Gasteiger partial charge in [-0.3, -0.25) is 9.69 Å². The van der Waals surface area contributed by atoms with Crippen LogP contribution in [0.2, 0.25) is 0 Å². The van der Waals surface area contributed by atoms with Gasteiger partial charge in [0, 0.05) is 42.2 Å². The Hall–Kier alpha value is -2.63. The Balaban J connectivity index is 0.00000180. The smallest absolute Gasteiger partial charge is 0.234 e. The van der Waals surface area contributed by atoms with Crippen molar-refractivity contribution < 1.29 is 14.3 Å². The number of nitrogens with two attached hydrogens (primary N) is 1. The minimum atomic E-state index is 0. The molecule has 0 saturated carbocycles. The summed E-state index contributed by atoms with van der Waals surface area (Å²) in [5.41, 5.74) is 11.3. The molecule has 0 atom stereocenters. The number of fused-ring (bicyclic) bond motifs is 2. The summed E-state index contributed by atoms with van der Waals surface area (Å²) >= 11 is 1.66. The van der Waals surface area contributed by atoms with E-state index in [0.717, 1.165) is 55.2 Å². The van der Waals surface area contributed by atoms with E-state index in [2.05, 4.69) is 39.4 Å². The zero-order valence-electron chi connectivity index (χ0n) is 20.4. The monoisotopic (exact) mass is 552 g/mol. The molecule has 0 bridgehead atoms. The number of hydrogen-bond acceptors (Lipinski definition) is 8. The molecule has 3 N–H and O–H groups in total. The molecule has 0 unspecified atom stereocenters. The highest BCUT2D eigenvalue weighted by atomic mass is 35.5. The Kier molecular flexibility index (Phi) is 9.02. The van der Waals surface area contributed by atoms with Crippen LogP contribution in [0.25, 0.3) is 26.0 Å². The van der Waals surface area contributed by atoms with E-state index in [1.807, 2.05) is 17.5 Å². The van der Waals surface area contributed by atoms with Gasteiger partial charge in [0.2, 0.25) is 5.91 Å². The lowest BCUT2D eigenvalue weighted by molar-refractivity contribution is -0.124. The van der Waals surface area contributed by atoms with Gasteiger partial charge in [0.15, 0.2) is 5.82 Å². The first-order chi connectivity index (χ1) is 16.5. The van der Waals surface area contributed by atoms with Gasteiger partial charge in [0.25, 0.3) is 0 Å². The Morgan fingerprint density at radius 1 is 1.25 bits per heavy atom. The molecule has 0 spiro atoms.